The maximum Gasteiger partial charge on any atom is 0.300 e. The van der Waals surface area contributed by atoms with Crippen LogP contribution in [-0.4, -0.2) is 31.0 Å². The zero-order valence-corrected chi connectivity index (χ0v) is 18.2. The highest BCUT2D eigenvalue weighted by Gasteiger charge is 2.48. The van der Waals surface area contributed by atoms with E-state index in [0.717, 1.165) is 0 Å². The van der Waals surface area contributed by atoms with Crippen LogP contribution >= 0.6 is 0 Å². The number of hydrogen-bond donors (Lipinski definition) is 1. The Morgan fingerprint density at radius 1 is 1.06 bits per heavy atom. The summed E-state index contributed by atoms with van der Waals surface area (Å²) in [5.74, 6) is -0.507. The molecule has 2 heterocycles. The molecule has 0 radical (unpaired) electrons. The van der Waals surface area contributed by atoms with Gasteiger partial charge in [0.15, 0.2) is 0 Å². The Morgan fingerprint density at radius 2 is 1.79 bits per heavy atom. The van der Waals surface area contributed by atoms with Crippen molar-refractivity contribution in [2.24, 2.45) is 0 Å². The van der Waals surface area contributed by atoms with Gasteiger partial charge in [0.25, 0.3) is 11.7 Å². The Bertz CT molecular complexity index is 1310. The molecule has 8 nitrogen and oxygen atoms in total. The summed E-state index contributed by atoms with van der Waals surface area (Å²) in [7, 11) is 2.91. The van der Waals surface area contributed by atoms with Gasteiger partial charge in [-0.25, -0.2) is 0 Å². The molecule has 1 saturated heterocycles. The summed E-state index contributed by atoms with van der Waals surface area (Å²) in [5.41, 5.74) is 0.835. The molecule has 2 aromatic carbocycles. The largest absolute Gasteiger partial charge is 0.507 e. The van der Waals surface area contributed by atoms with Crippen LogP contribution < -0.4 is 14.4 Å². The average molecular weight is 444 g/mol. The first-order valence-corrected chi connectivity index (χ1v) is 9.99. The van der Waals surface area contributed by atoms with Crippen LogP contribution in [0.15, 0.2) is 64.6 Å². The van der Waals surface area contributed by atoms with Crippen LogP contribution in [0.3, 0.4) is 0 Å². The lowest BCUT2D eigenvalue weighted by Gasteiger charge is -2.23. The lowest BCUT2D eigenvalue weighted by atomic mass is 9.98. The Balaban J connectivity index is 1.96. The molecule has 1 fully saturated rings. The molecule has 0 aliphatic carbocycles. The maximum atomic E-state index is 13.2. The lowest BCUT2D eigenvalue weighted by Crippen LogP contribution is -2.29. The highest BCUT2D eigenvalue weighted by molar-refractivity contribution is 6.51. The summed E-state index contributed by atoms with van der Waals surface area (Å²) in [4.78, 5) is 27.6. The van der Waals surface area contributed by atoms with Crippen molar-refractivity contribution in [2.75, 3.05) is 19.1 Å². The number of aliphatic hydroxyl groups excluding tert-OH is 1. The highest BCUT2D eigenvalue weighted by Crippen LogP contribution is 2.44. The van der Waals surface area contributed by atoms with E-state index >= 15 is 0 Å². The molecule has 8 heteroatoms. The fraction of sp³-hybridized carbons (Fsp3) is 0.160. The number of methoxy groups -OCH3 is 2. The third-order valence-electron chi connectivity index (χ3n) is 5.41. The Kier molecular flexibility index (Phi) is 5.63. The summed E-state index contributed by atoms with van der Waals surface area (Å²) in [5, 5.41) is 20.4. The third kappa shape index (κ3) is 3.70. The van der Waals surface area contributed by atoms with E-state index in [1.165, 1.54) is 25.2 Å². The van der Waals surface area contributed by atoms with E-state index in [4.69, 9.17) is 19.2 Å². The van der Waals surface area contributed by atoms with Gasteiger partial charge in [0.2, 0.25) is 0 Å². The molecular formula is C25H20N2O6. The van der Waals surface area contributed by atoms with Crippen LogP contribution in [0, 0.1) is 18.3 Å². The second-order valence-electron chi connectivity index (χ2n) is 7.34. The second kappa shape index (κ2) is 8.55. The number of ketones is 1. The molecule has 3 aromatic rings. The molecule has 0 spiro atoms. The number of Topliss-reactive ketones (excluding diaryl/α,β-unsaturated/α-hetero) is 1. The van der Waals surface area contributed by atoms with Gasteiger partial charge in [0, 0.05) is 5.69 Å². The van der Waals surface area contributed by atoms with Gasteiger partial charge in [-0.1, -0.05) is 0 Å². The first kappa shape index (κ1) is 21.7. The molecule has 1 atom stereocenters. The molecule has 1 N–H and O–H groups in total. The fourth-order valence-corrected chi connectivity index (χ4v) is 3.81. The minimum Gasteiger partial charge on any atom is -0.507 e. The summed E-state index contributed by atoms with van der Waals surface area (Å²) in [6, 6.07) is 15.3. The number of carbonyl (C=O) groups excluding carboxylic acids is 2. The van der Waals surface area contributed by atoms with Gasteiger partial charge >= 0.3 is 0 Å². The Labute approximate surface area is 189 Å². The highest BCUT2D eigenvalue weighted by atomic mass is 16.5. The predicted molar refractivity (Wildman–Crippen MR) is 119 cm³/mol. The van der Waals surface area contributed by atoms with Gasteiger partial charge in [-0.3, -0.25) is 14.5 Å². The number of amides is 1. The number of nitriles is 1. The molecular weight excluding hydrogens is 424 g/mol. The van der Waals surface area contributed by atoms with Crippen molar-refractivity contribution in [3.05, 3.63) is 82.8 Å². The van der Waals surface area contributed by atoms with Crippen LogP contribution in [0.2, 0.25) is 0 Å². The second-order valence-corrected chi connectivity index (χ2v) is 7.34. The number of rotatable bonds is 5. The number of hydrogen-bond acceptors (Lipinski definition) is 7. The molecule has 4 rings (SSSR count). The maximum absolute atomic E-state index is 13.2. The van der Waals surface area contributed by atoms with E-state index in [0.29, 0.717) is 34.3 Å². The summed E-state index contributed by atoms with van der Waals surface area (Å²) in [6.45, 7) is 1.74. The first-order valence-electron chi connectivity index (χ1n) is 9.99. The van der Waals surface area contributed by atoms with Crippen LogP contribution in [0.4, 0.5) is 5.69 Å². The molecule has 0 saturated carbocycles. The molecule has 33 heavy (non-hydrogen) atoms. The van der Waals surface area contributed by atoms with E-state index in [-0.39, 0.29) is 11.1 Å². The van der Waals surface area contributed by atoms with E-state index in [9.17, 15) is 14.7 Å². The molecule has 0 bridgehead atoms. The molecule has 1 amide bonds. The smallest absolute Gasteiger partial charge is 0.300 e. The van der Waals surface area contributed by atoms with Gasteiger partial charge in [-0.05, 0) is 61.5 Å². The van der Waals surface area contributed by atoms with Gasteiger partial charge in [-0.2, -0.15) is 5.26 Å². The van der Waals surface area contributed by atoms with Crippen molar-refractivity contribution in [1.29, 1.82) is 5.26 Å². The molecule has 1 aliphatic heterocycles. The van der Waals surface area contributed by atoms with Gasteiger partial charge in [-0.15, -0.1) is 0 Å². The van der Waals surface area contributed by atoms with Gasteiger partial charge < -0.3 is 19.0 Å². The summed E-state index contributed by atoms with van der Waals surface area (Å²) in [6.07, 6.45) is 0. The number of aryl methyl sites for hydroxylation is 1. The van der Waals surface area contributed by atoms with Crippen molar-refractivity contribution in [3.8, 4) is 17.6 Å². The number of benzene rings is 2. The van der Waals surface area contributed by atoms with E-state index < -0.39 is 23.5 Å². The molecule has 1 unspecified atom stereocenters. The topological polar surface area (TPSA) is 113 Å². The Hall–Kier alpha value is -4.51. The standard InChI is InChI=1S/C25H20N2O6/c1-14-4-10-20(33-14)22-21(23(28)18-12-17(31-2)9-11-19(18)32-3)24(29)25(30)27(22)16-7-5-15(13-26)6-8-16/h4-12,22,28H,1-3H3/b23-21+. The SMILES string of the molecule is COc1ccc(OC)c(/C(O)=C2\C(=O)C(=O)N(c3ccc(C#N)cc3)C2c2ccc(C)o2)c1. The number of nitrogens with zero attached hydrogens (tertiary/aromatic N) is 2. The minimum atomic E-state index is -1.03. The van der Waals surface area contributed by atoms with E-state index in [1.54, 1.807) is 55.5 Å². The number of anilines is 1. The quantitative estimate of drug-likeness (QED) is 0.358. The predicted octanol–water partition coefficient (Wildman–Crippen LogP) is 4.10. The number of furan rings is 1. The Morgan fingerprint density at radius 3 is 2.36 bits per heavy atom. The molecule has 1 aromatic heterocycles. The van der Waals surface area contributed by atoms with Crippen molar-refractivity contribution in [3.63, 3.8) is 0 Å². The lowest BCUT2D eigenvalue weighted by molar-refractivity contribution is -0.132. The first-order chi connectivity index (χ1) is 15.9. The van der Waals surface area contributed by atoms with Gasteiger partial charge in [0.05, 0.1) is 37.0 Å². The fourth-order valence-electron chi connectivity index (χ4n) is 3.81. The summed E-state index contributed by atoms with van der Waals surface area (Å²) >= 11 is 0. The zero-order valence-electron chi connectivity index (χ0n) is 18.2. The third-order valence-corrected chi connectivity index (χ3v) is 5.41. The van der Waals surface area contributed by atoms with Crippen LogP contribution in [0.25, 0.3) is 5.76 Å². The van der Waals surface area contributed by atoms with Crippen molar-refractivity contribution in [1.82, 2.24) is 0 Å². The van der Waals surface area contributed by atoms with Crippen molar-refractivity contribution < 1.29 is 28.6 Å². The van der Waals surface area contributed by atoms with Gasteiger partial charge in [0.1, 0.15) is 34.8 Å². The average Bonchev–Trinajstić information content (AvgIpc) is 3.38. The minimum absolute atomic E-state index is 0.148. The number of aliphatic hydroxyl groups is 1. The normalized spacial score (nSPS) is 17.2. The van der Waals surface area contributed by atoms with Crippen LogP contribution in [0.5, 0.6) is 11.5 Å². The monoisotopic (exact) mass is 444 g/mol. The molecule has 166 valence electrons. The van der Waals surface area contributed by atoms with Crippen molar-refractivity contribution >= 4 is 23.1 Å². The van der Waals surface area contributed by atoms with E-state index in [2.05, 4.69) is 0 Å². The number of ether oxygens (including phenoxy) is 2. The zero-order chi connectivity index (χ0) is 23.7. The summed E-state index contributed by atoms with van der Waals surface area (Å²) < 4.78 is 16.4. The van der Waals surface area contributed by atoms with Crippen molar-refractivity contribution in [2.45, 2.75) is 13.0 Å². The van der Waals surface area contributed by atoms with Crippen LogP contribution in [0.1, 0.15) is 28.7 Å². The van der Waals surface area contributed by atoms with Crippen LogP contribution in [-0.2, 0) is 9.59 Å². The van der Waals surface area contributed by atoms with E-state index in [1.807, 2.05) is 6.07 Å². The molecule has 1 aliphatic rings. The number of carbonyl (C=O) groups is 2.